The summed E-state index contributed by atoms with van der Waals surface area (Å²) in [4.78, 5) is 0. The largest absolute Gasteiger partial charge is 0.394 e. The van der Waals surface area contributed by atoms with Gasteiger partial charge in [0, 0.05) is 6.42 Å². The van der Waals surface area contributed by atoms with E-state index < -0.39 is 18.3 Å². The van der Waals surface area contributed by atoms with Crippen molar-refractivity contribution in [3.8, 4) is 0 Å². The van der Waals surface area contributed by atoms with Gasteiger partial charge in [0.05, 0.1) is 24.9 Å². The van der Waals surface area contributed by atoms with Crippen LogP contribution in [-0.4, -0.2) is 46.3 Å². The van der Waals surface area contributed by atoms with Crippen molar-refractivity contribution in [2.75, 3.05) is 6.61 Å². The van der Waals surface area contributed by atoms with Crippen molar-refractivity contribution in [1.82, 2.24) is 0 Å². The number of aliphatic hydroxyl groups is 3. The summed E-state index contributed by atoms with van der Waals surface area (Å²) in [7, 11) is 0. The Morgan fingerprint density at radius 1 is 1.25 bits per heavy atom. The topological polar surface area (TPSA) is 69.9 Å². The third kappa shape index (κ3) is 1.95. The maximum Gasteiger partial charge on any atom is 0.107 e. The Balaban J connectivity index is 2.50. The molecule has 72 valence electrons. The normalized spacial score (nSPS) is 43.0. The summed E-state index contributed by atoms with van der Waals surface area (Å²) in [6.07, 6.45) is -1.13. The first-order valence-corrected chi connectivity index (χ1v) is 4.31. The summed E-state index contributed by atoms with van der Waals surface area (Å²) in [5.74, 6) is 0. The first-order chi connectivity index (χ1) is 5.69. The summed E-state index contributed by atoms with van der Waals surface area (Å²) < 4.78 is 5.26. The van der Waals surface area contributed by atoms with Crippen molar-refractivity contribution in [2.45, 2.75) is 44.2 Å². The van der Waals surface area contributed by atoms with Gasteiger partial charge in [0.1, 0.15) is 6.10 Å². The SMILES string of the molecule is CCC1OC(CO)C(O)CC1O. The quantitative estimate of drug-likeness (QED) is 0.518. The van der Waals surface area contributed by atoms with E-state index in [9.17, 15) is 10.2 Å². The van der Waals surface area contributed by atoms with Crippen LogP contribution in [0.25, 0.3) is 0 Å². The lowest BCUT2D eigenvalue weighted by Gasteiger charge is -2.36. The van der Waals surface area contributed by atoms with Gasteiger partial charge in [-0.1, -0.05) is 6.92 Å². The third-order valence-electron chi connectivity index (χ3n) is 2.27. The number of hydrogen-bond donors (Lipinski definition) is 3. The molecule has 4 heteroatoms. The second-order valence-electron chi connectivity index (χ2n) is 3.17. The van der Waals surface area contributed by atoms with E-state index >= 15 is 0 Å². The van der Waals surface area contributed by atoms with Gasteiger partial charge in [0.25, 0.3) is 0 Å². The molecule has 3 N–H and O–H groups in total. The van der Waals surface area contributed by atoms with Crippen molar-refractivity contribution in [2.24, 2.45) is 0 Å². The number of rotatable bonds is 2. The van der Waals surface area contributed by atoms with Crippen LogP contribution in [-0.2, 0) is 4.74 Å². The maximum atomic E-state index is 9.39. The zero-order valence-electron chi connectivity index (χ0n) is 7.18. The zero-order valence-corrected chi connectivity index (χ0v) is 7.18. The monoisotopic (exact) mass is 176 g/mol. The molecule has 4 unspecified atom stereocenters. The summed E-state index contributed by atoms with van der Waals surface area (Å²) in [5.41, 5.74) is 0. The predicted molar refractivity (Wildman–Crippen MR) is 42.7 cm³/mol. The van der Waals surface area contributed by atoms with E-state index in [1.165, 1.54) is 0 Å². The van der Waals surface area contributed by atoms with E-state index in [2.05, 4.69) is 0 Å². The van der Waals surface area contributed by atoms with Crippen LogP contribution in [0.5, 0.6) is 0 Å². The fourth-order valence-corrected chi connectivity index (χ4v) is 1.49. The molecule has 1 aliphatic rings. The smallest absolute Gasteiger partial charge is 0.107 e. The van der Waals surface area contributed by atoms with E-state index in [1.807, 2.05) is 6.92 Å². The first-order valence-electron chi connectivity index (χ1n) is 4.31. The molecule has 4 atom stereocenters. The Kier molecular flexibility index (Phi) is 3.46. The number of hydrogen-bond acceptors (Lipinski definition) is 4. The van der Waals surface area contributed by atoms with E-state index in [4.69, 9.17) is 9.84 Å². The third-order valence-corrected chi connectivity index (χ3v) is 2.27. The van der Waals surface area contributed by atoms with Crippen molar-refractivity contribution >= 4 is 0 Å². The van der Waals surface area contributed by atoms with E-state index in [0.717, 1.165) is 0 Å². The van der Waals surface area contributed by atoms with Crippen LogP contribution in [0.4, 0.5) is 0 Å². The Hall–Kier alpha value is -0.160. The molecule has 0 amide bonds. The van der Waals surface area contributed by atoms with Gasteiger partial charge in [-0.3, -0.25) is 0 Å². The summed E-state index contributed by atoms with van der Waals surface area (Å²) in [6, 6.07) is 0. The maximum absolute atomic E-state index is 9.39. The minimum atomic E-state index is -0.743. The molecule has 0 spiro atoms. The fourth-order valence-electron chi connectivity index (χ4n) is 1.49. The highest BCUT2D eigenvalue weighted by atomic mass is 16.5. The van der Waals surface area contributed by atoms with Crippen LogP contribution in [0.3, 0.4) is 0 Å². The molecule has 1 rings (SSSR count). The lowest BCUT2D eigenvalue weighted by atomic mass is 9.97. The molecule has 1 saturated heterocycles. The summed E-state index contributed by atoms with van der Waals surface area (Å²) in [5, 5.41) is 27.5. The minimum Gasteiger partial charge on any atom is -0.394 e. The Labute approximate surface area is 71.8 Å². The lowest BCUT2D eigenvalue weighted by Crippen LogP contribution is -2.48. The van der Waals surface area contributed by atoms with Gasteiger partial charge in [0.15, 0.2) is 0 Å². The van der Waals surface area contributed by atoms with Crippen molar-refractivity contribution in [3.63, 3.8) is 0 Å². The van der Waals surface area contributed by atoms with Gasteiger partial charge in [-0.25, -0.2) is 0 Å². The molecule has 0 bridgehead atoms. The van der Waals surface area contributed by atoms with Crippen LogP contribution >= 0.6 is 0 Å². The summed E-state index contributed by atoms with van der Waals surface area (Å²) in [6.45, 7) is 1.71. The van der Waals surface area contributed by atoms with Crippen molar-refractivity contribution in [3.05, 3.63) is 0 Å². The van der Waals surface area contributed by atoms with Gasteiger partial charge in [0.2, 0.25) is 0 Å². The second-order valence-corrected chi connectivity index (χ2v) is 3.17. The Bertz CT molecular complexity index is 125. The van der Waals surface area contributed by atoms with Gasteiger partial charge in [-0.05, 0) is 6.42 Å². The molecule has 0 aromatic rings. The Morgan fingerprint density at radius 2 is 1.83 bits per heavy atom. The van der Waals surface area contributed by atoms with Crippen LogP contribution in [0.1, 0.15) is 19.8 Å². The molecular formula is C8H16O4. The fraction of sp³-hybridized carbons (Fsp3) is 1.00. The van der Waals surface area contributed by atoms with E-state index in [1.54, 1.807) is 0 Å². The standard InChI is InChI=1S/C8H16O4/c1-2-7-5(10)3-6(11)8(4-9)12-7/h5-11H,2-4H2,1H3. The first kappa shape index (κ1) is 9.92. The number of aliphatic hydroxyl groups excluding tert-OH is 3. The van der Waals surface area contributed by atoms with Gasteiger partial charge in [-0.15, -0.1) is 0 Å². The minimum absolute atomic E-state index is 0.190. The molecule has 0 aliphatic carbocycles. The van der Waals surface area contributed by atoms with Crippen LogP contribution in [0, 0.1) is 0 Å². The molecule has 0 saturated carbocycles. The molecule has 12 heavy (non-hydrogen) atoms. The van der Waals surface area contributed by atoms with Crippen LogP contribution in [0.2, 0.25) is 0 Å². The van der Waals surface area contributed by atoms with Crippen LogP contribution < -0.4 is 0 Å². The highest BCUT2D eigenvalue weighted by molar-refractivity contribution is 4.83. The van der Waals surface area contributed by atoms with Crippen molar-refractivity contribution in [1.29, 1.82) is 0 Å². The molecular weight excluding hydrogens is 160 g/mol. The molecule has 0 aromatic carbocycles. The van der Waals surface area contributed by atoms with Crippen molar-refractivity contribution < 1.29 is 20.1 Å². The van der Waals surface area contributed by atoms with Gasteiger partial charge in [-0.2, -0.15) is 0 Å². The molecule has 1 aliphatic heterocycles. The van der Waals surface area contributed by atoms with Crippen LogP contribution in [0.15, 0.2) is 0 Å². The molecule has 0 aromatic heterocycles. The molecule has 1 fully saturated rings. The highest BCUT2D eigenvalue weighted by Gasteiger charge is 2.34. The van der Waals surface area contributed by atoms with E-state index in [0.29, 0.717) is 12.8 Å². The Morgan fingerprint density at radius 3 is 2.33 bits per heavy atom. The lowest BCUT2D eigenvalue weighted by molar-refractivity contribution is -0.179. The average molecular weight is 176 g/mol. The van der Waals surface area contributed by atoms with E-state index in [-0.39, 0.29) is 12.7 Å². The zero-order chi connectivity index (χ0) is 9.14. The predicted octanol–water partition coefficient (Wildman–Crippen LogP) is -0.732. The highest BCUT2D eigenvalue weighted by Crippen LogP contribution is 2.21. The summed E-state index contributed by atoms with van der Waals surface area (Å²) >= 11 is 0. The second kappa shape index (κ2) is 4.18. The molecule has 1 heterocycles. The molecule has 4 nitrogen and oxygen atoms in total. The van der Waals surface area contributed by atoms with Gasteiger partial charge < -0.3 is 20.1 Å². The molecule has 0 radical (unpaired) electrons. The average Bonchev–Trinajstić information content (AvgIpc) is 2.05. The van der Waals surface area contributed by atoms with Gasteiger partial charge >= 0.3 is 0 Å². The number of ether oxygens (including phenoxy) is 1.